The van der Waals surface area contributed by atoms with Crippen molar-refractivity contribution in [3.05, 3.63) is 22.8 Å². The van der Waals surface area contributed by atoms with Crippen LogP contribution in [0.4, 0.5) is 13.2 Å². The lowest BCUT2D eigenvalue weighted by Crippen LogP contribution is -2.44. The van der Waals surface area contributed by atoms with Crippen LogP contribution in [-0.2, 0) is 9.59 Å². The second kappa shape index (κ2) is 6.61. The molecule has 0 aromatic heterocycles. The molecule has 28 heavy (non-hydrogen) atoms. The number of allylic oxidation sites excluding steroid dienone is 4. The van der Waals surface area contributed by atoms with Crippen LogP contribution < -0.4 is 0 Å². The third-order valence-corrected chi connectivity index (χ3v) is 7.67. The molecule has 0 aliphatic heterocycles. The van der Waals surface area contributed by atoms with Crippen molar-refractivity contribution in [1.29, 1.82) is 0 Å². The smallest absolute Gasteiger partial charge is 0.300 e. The molecule has 0 unspecified atom stereocenters. The molecular formula is C23H25F3O2. The number of fused-ring (bicyclic) bond motifs is 4. The van der Waals surface area contributed by atoms with Crippen LogP contribution in [0.5, 0.6) is 0 Å². The van der Waals surface area contributed by atoms with Crippen LogP contribution in [0, 0.1) is 40.9 Å². The van der Waals surface area contributed by atoms with Gasteiger partial charge in [0.15, 0.2) is 5.78 Å². The summed E-state index contributed by atoms with van der Waals surface area (Å²) in [6.45, 7) is 3.80. The maximum atomic E-state index is 12.8. The molecule has 0 radical (unpaired) electrons. The van der Waals surface area contributed by atoms with Crippen LogP contribution in [-0.4, -0.2) is 17.7 Å². The number of hydrogen-bond acceptors (Lipinski definition) is 2. The van der Waals surface area contributed by atoms with E-state index in [0.29, 0.717) is 19.3 Å². The summed E-state index contributed by atoms with van der Waals surface area (Å²) in [4.78, 5) is 24.1. The van der Waals surface area contributed by atoms with Crippen molar-refractivity contribution in [3.63, 3.8) is 0 Å². The minimum Gasteiger partial charge on any atom is -0.300 e. The summed E-state index contributed by atoms with van der Waals surface area (Å²) in [5, 5.41) is 0. The molecule has 0 spiro atoms. The molecule has 0 aromatic carbocycles. The summed E-state index contributed by atoms with van der Waals surface area (Å²) in [5.41, 5.74) is 3.15. The molecule has 150 valence electrons. The highest BCUT2D eigenvalue weighted by Crippen LogP contribution is 2.63. The zero-order valence-corrected chi connectivity index (χ0v) is 16.3. The summed E-state index contributed by atoms with van der Waals surface area (Å²) in [6.07, 6.45) is 2.06. The van der Waals surface area contributed by atoms with E-state index in [2.05, 4.69) is 12.8 Å². The number of carbonyl (C=O) groups excluding carboxylic acids is 2. The number of halogens is 3. The van der Waals surface area contributed by atoms with E-state index in [4.69, 9.17) is 0 Å². The van der Waals surface area contributed by atoms with Gasteiger partial charge in [0.2, 0.25) is 0 Å². The number of alkyl halides is 3. The van der Waals surface area contributed by atoms with Crippen LogP contribution in [0.3, 0.4) is 0 Å². The van der Waals surface area contributed by atoms with Crippen molar-refractivity contribution in [1.82, 2.24) is 0 Å². The van der Waals surface area contributed by atoms with Gasteiger partial charge in [0, 0.05) is 24.2 Å². The van der Waals surface area contributed by atoms with E-state index in [1.54, 1.807) is 13.0 Å². The summed E-state index contributed by atoms with van der Waals surface area (Å²) in [6, 6.07) is 0. The topological polar surface area (TPSA) is 34.1 Å². The molecule has 2 nitrogen and oxygen atoms in total. The van der Waals surface area contributed by atoms with Gasteiger partial charge < -0.3 is 0 Å². The van der Waals surface area contributed by atoms with Crippen molar-refractivity contribution >= 4 is 11.6 Å². The summed E-state index contributed by atoms with van der Waals surface area (Å²) < 4.78 is 38.5. The molecule has 0 bridgehead atoms. The van der Waals surface area contributed by atoms with E-state index in [1.807, 2.05) is 0 Å². The number of rotatable bonds is 1. The third kappa shape index (κ3) is 3.15. The van der Waals surface area contributed by atoms with Gasteiger partial charge >= 0.3 is 6.18 Å². The monoisotopic (exact) mass is 390 g/mol. The van der Waals surface area contributed by atoms with Gasteiger partial charge in [0.1, 0.15) is 5.78 Å². The van der Waals surface area contributed by atoms with Gasteiger partial charge in [0.05, 0.1) is 0 Å². The average Bonchev–Trinajstić information content (AvgIpc) is 2.95. The second-order valence-electron chi connectivity index (χ2n) is 9.10. The molecule has 5 heteroatoms. The fourth-order valence-electron chi connectivity index (χ4n) is 6.56. The predicted octanol–water partition coefficient (Wildman–Crippen LogP) is 5.19. The summed E-state index contributed by atoms with van der Waals surface area (Å²) in [7, 11) is 0. The van der Waals surface area contributed by atoms with Crippen molar-refractivity contribution in [3.8, 4) is 11.8 Å². The van der Waals surface area contributed by atoms with Crippen LogP contribution in [0.1, 0.15) is 58.8 Å². The number of Topliss-reactive ketones (excluding diaryl/α,β-unsaturated/α-hetero) is 1. The number of carbonyl (C=O) groups is 2. The Morgan fingerprint density at radius 3 is 2.64 bits per heavy atom. The Labute approximate surface area is 163 Å². The molecule has 0 aromatic rings. The van der Waals surface area contributed by atoms with Gasteiger partial charge in [-0.1, -0.05) is 18.4 Å². The molecule has 0 heterocycles. The van der Waals surface area contributed by atoms with Crippen LogP contribution in [0.15, 0.2) is 22.8 Å². The van der Waals surface area contributed by atoms with E-state index in [1.165, 1.54) is 17.1 Å². The molecule has 4 aliphatic carbocycles. The highest BCUT2D eigenvalue weighted by atomic mass is 19.4. The zero-order chi connectivity index (χ0) is 20.3. The van der Waals surface area contributed by atoms with Gasteiger partial charge in [-0.2, -0.15) is 13.2 Å². The highest BCUT2D eigenvalue weighted by molar-refractivity contribution is 5.93. The van der Waals surface area contributed by atoms with Gasteiger partial charge in [0.25, 0.3) is 0 Å². The van der Waals surface area contributed by atoms with Crippen molar-refractivity contribution in [2.24, 2.45) is 29.1 Å². The fraction of sp³-hybridized carbons (Fsp3) is 0.652. The van der Waals surface area contributed by atoms with Crippen LogP contribution >= 0.6 is 0 Å². The minimum atomic E-state index is -4.52. The molecule has 0 saturated heterocycles. The third-order valence-electron chi connectivity index (χ3n) is 7.67. The number of ketones is 2. The lowest BCUT2D eigenvalue weighted by Gasteiger charge is -2.50. The maximum Gasteiger partial charge on any atom is 0.457 e. The Morgan fingerprint density at radius 1 is 1.21 bits per heavy atom. The Hall–Kier alpha value is -1.83. The largest absolute Gasteiger partial charge is 0.457 e. The lowest BCUT2D eigenvalue weighted by atomic mass is 9.53. The second-order valence-corrected chi connectivity index (χ2v) is 9.10. The maximum absolute atomic E-state index is 12.8. The molecule has 0 N–H and O–H groups in total. The molecule has 2 fully saturated rings. The lowest BCUT2D eigenvalue weighted by molar-refractivity contribution is -0.125. The first-order valence-electron chi connectivity index (χ1n) is 10.2. The van der Waals surface area contributed by atoms with Gasteiger partial charge in [-0.05, 0) is 79.9 Å². The van der Waals surface area contributed by atoms with E-state index < -0.39 is 12.1 Å². The molecular weight excluding hydrogens is 365 g/mol. The fourth-order valence-corrected chi connectivity index (χ4v) is 6.56. The quantitative estimate of drug-likeness (QED) is 0.578. The van der Waals surface area contributed by atoms with Gasteiger partial charge in [-0.25, -0.2) is 0 Å². The zero-order valence-electron chi connectivity index (χ0n) is 16.3. The normalized spacial score (nSPS) is 37.3. The first kappa shape index (κ1) is 19.5. The summed E-state index contributed by atoms with van der Waals surface area (Å²) in [5.74, 6) is 4.00. The van der Waals surface area contributed by atoms with Crippen LogP contribution in [0.2, 0.25) is 0 Å². The number of hydrogen-bond donors (Lipinski definition) is 0. The van der Waals surface area contributed by atoms with Crippen molar-refractivity contribution in [2.75, 3.05) is 0 Å². The first-order valence-corrected chi connectivity index (χ1v) is 10.2. The van der Waals surface area contributed by atoms with Gasteiger partial charge in [-0.3, -0.25) is 9.59 Å². The minimum absolute atomic E-state index is 0.00912. The highest BCUT2D eigenvalue weighted by Gasteiger charge is 2.56. The molecule has 4 rings (SSSR count). The van der Waals surface area contributed by atoms with E-state index in [0.717, 1.165) is 31.3 Å². The molecule has 2 saturated carbocycles. The SMILES string of the molecule is CC(=O)[C@H]1CC[C@H]2[C@H]3C(=C4CCC(=O)C=C4C[C@H]3C#CC(F)(F)F)CC[C@]12C. The molecule has 0 amide bonds. The summed E-state index contributed by atoms with van der Waals surface area (Å²) >= 11 is 0. The molecule has 5 atom stereocenters. The standard InChI is InChI=1S/C23H25F3O2/c1-13(27)19-5-6-20-21-14(7-10-23(24,25)26)11-15-12-16(28)3-4-17(15)18(21)8-9-22(19,20)2/h12,14,19-21H,3-6,8-9,11H2,1-2H3/t14-,19-,20+,21-,22-/m1/s1. The Bertz CT molecular complexity index is 851. The molecule has 4 aliphatic rings. The van der Waals surface area contributed by atoms with E-state index in [9.17, 15) is 22.8 Å². The van der Waals surface area contributed by atoms with E-state index >= 15 is 0 Å². The predicted molar refractivity (Wildman–Crippen MR) is 99.0 cm³/mol. The van der Waals surface area contributed by atoms with E-state index in [-0.39, 0.29) is 34.7 Å². The Morgan fingerprint density at radius 2 is 1.96 bits per heavy atom. The Balaban J connectivity index is 1.80. The first-order chi connectivity index (χ1) is 13.1. The Kier molecular flexibility index (Phi) is 4.60. The van der Waals surface area contributed by atoms with Gasteiger partial charge in [-0.15, -0.1) is 0 Å². The van der Waals surface area contributed by atoms with Crippen LogP contribution in [0.25, 0.3) is 0 Å². The van der Waals surface area contributed by atoms with Crippen molar-refractivity contribution in [2.45, 2.75) is 65.0 Å². The van der Waals surface area contributed by atoms with Crippen molar-refractivity contribution < 1.29 is 22.8 Å². The average molecular weight is 390 g/mol.